The van der Waals surface area contributed by atoms with Crippen molar-refractivity contribution >= 4 is 40.5 Å². The number of halogens is 1. The summed E-state index contributed by atoms with van der Waals surface area (Å²) in [6.07, 6.45) is 0.134. The van der Waals surface area contributed by atoms with Crippen molar-refractivity contribution in [3.05, 3.63) is 39.5 Å². The van der Waals surface area contributed by atoms with E-state index in [1.807, 2.05) is 6.07 Å². The van der Waals surface area contributed by atoms with Crippen LogP contribution >= 0.6 is 22.9 Å². The van der Waals surface area contributed by atoms with Gasteiger partial charge in [0.1, 0.15) is 18.1 Å². The van der Waals surface area contributed by atoms with E-state index in [9.17, 15) is 9.59 Å². The molecule has 0 aliphatic carbocycles. The van der Waals surface area contributed by atoms with E-state index < -0.39 is 18.5 Å². The van der Waals surface area contributed by atoms with Crippen LogP contribution in [0.2, 0.25) is 4.34 Å². The van der Waals surface area contributed by atoms with Gasteiger partial charge < -0.3 is 19.1 Å². The van der Waals surface area contributed by atoms with Crippen LogP contribution in [0.25, 0.3) is 0 Å². The first-order valence-electron chi connectivity index (χ1n) is 8.08. The molecule has 1 aliphatic heterocycles. The van der Waals surface area contributed by atoms with Crippen LogP contribution in [0.5, 0.6) is 11.5 Å². The maximum Gasteiger partial charge on any atom is 0.348 e. The average molecular weight is 407 g/mol. The van der Waals surface area contributed by atoms with Crippen molar-refractivity contribution in [2.75, 3.05) is 31.3 Å². The minimum atomic E-state index is -0.623. The molecule has 1 aromatic carbocycles. The molecule has 1 amide bonds. The van der Waals surface area contributed by atoms with Gasteiger partial charge in [0, 0.05) is 18.3 Å². The van der Waals surface area contributed by atoms with Crippen molar-refractivity contribution in [1.29, 1.82) is 5.26 Å². The quantitative estimate of drug-likeness (QED) is 0.684. The largest absolute Gasteiger partial charge is 0.486 e. The molecule has 27 heavy (non-hydrogen) atoms. The van der Waals surface area contributed by atoms with Gasteiger partial charge in [-0.1, -0.05) is 11.6 Å². The fourth-order valence-electron chi connectivity index (χ4n) is 2.46. The maximum absolute atomic E-state index is 12.6. The number of nitriles is 1. The molecule has 3 rings (SSSR count). The number of rotatable bonds is 6. The van der Waals surface area contributed by atoms with Crippen LogP contribution in [0.4, 0.5) is 5.69 Å². The third-order valence-electron chi connectivity index (χ3n) is 3.69. The summed E-state index contributed by atoms with van der Waals surface area (Å²) in [5.74, 6) is 0.0537. The van der Waals surface area contributed by atoms with Crippen molar-refractivity contribution in [1.82, 2.24) is 0 Å². The number of carbonyl (C=O) groups is 2. The summed E-state index contributed by atoms with van der Waals surface area (Å²) in [6, 6.07) is 10.2. The summed E-state index contributed by atoms with van der Waals surface area (Å²) in [5, 5.41) is 8.88. The second-order valence-corrected chi connectivity index (χ2v) is 7.18. The minimum Gasteiger partial charge on any atom is -0.486 e. The van der Waals surface area contributed by atoms with Crippen molar-refractivity contribution in [2.45, 2.75) is 6.42 Å². The predicted octanol–water partition coefficient (Wildman–Crippen LogP) is 3.28. The van der Waals surface area contributed by atoms with Crippen LogP contribution in [0.15, 0.2) is 30.3 Å². The van der Waals surface area contributed by atoms with E-state index in [1.165, 1.54) is 11.0 Å². The first-order valence-corrected chi connectivity index (χ1v) is 9.27. The highest BCUT2D eigenvalue weighted by atomic mass is 35.5. The molecule has 0 saturated heterocycles. The highest BCUT2D eigenvalue weighted by Crippen LogP contribution is 2.34. The van der Waals surface area contributed by atoms with Crippen LogP contribution in [-0.4, -0.2) is 38.2 Å². The van der Waals surface area contributed by atoms with E-state index in [0.29, 0.717) is 39.6 Å². The van der Waals surface area contributed by atoms with Crippen molar-refractivity contribution in [3.8, 4) is 17.6 Å². The Balaban J connectivity index is 1.71. The standard InChI is InChI=1S/C18H15ClN2O5S/c19-16-5-4-15(27-16)18(23)26-11-17(22)21(7-1-6-20)12-2-3-13-14(10-12)25-9-8-24-13/h2-5,10H,1,7-9,11H2. The molecule has 0 unspecified atom stereocenters. The van der Waals surface area contributed by atoms with Crippen molar-refractivity contribution in [3.63, 3.8) is 0 Å². The first kappa shape index (κ1) is 19.0. The molecule has 0 atom stereocenters. The second kappa shape index (κ2) is 8.75. The van der Waals surface area contributed by atoms with Crippen LogP contribution in [-0.2, 0) is 9.53 Å². The average Bonchev–Trinajstić information content (AvgIpc) is 3.12. The third kappa shape index (κ3) is 4.70. The predicted molar refractivity (Wildman–Crippen MR) is 99.6 cm³/mol. The van der Waals surface area contributed by atoms with Gasteiger partial charge in [0.25, 0.3) is 5.91 Å². The van der Waals surface area contributed by atoms with E-state index in [0.717, 1.165) is 11.3 Å². The zero-order valence-electron chi connectivity index (χ0n) is 14.1. The topological polar surface area (TPSA) is 88.9 Å². The normalized spacial score (nSPS) is 12.1. The molecule has 2 aromatic rings. The fraction of sp³-hybridized carbons (Fsp3) is 0.278. The number of amides is 1. The molecule has 0 fully saturated rings. The molecule has 0 bridgehead atoms. The fourth-order valence-corrected chi connectivity index (χ4v) is 3.40. The molecular formula is C18H15ClN2O5S. The van der Waals surface area contributed by atoms with Gasteiger partial charge in [-0.15, -0.1) is 11.3 Å². The number of anilines is 1. The molecule has 0 N–H and O–H groups in total. The number of carbonyl (C=O) groups excluding carboxylic acids is 2. The molecular weight excluding hydrogens is 392 g/mol. The highest BCUT2D eigenvalue weighted by Gasteiger charge is 2.21. The Bertz CT molecular complexity index is 892. The Morgan fingerprint density at radius 3 is 2.70 bits per heavy atom. The number of hydrogen-bond donors (Lipinski definition) is 0. The van der Waals surface area contributed by atoms with Crippen LogP contribution < -0.4 is 14.4 Å². The first-order chi connectivity index (χ1) is 13.1. The van der Waals surface area contributed by atoms with Crippen LogP contribution in [0, 0.1) is 11.3 Å². The van der Waals surface area contributed by atoms with E-state index in [-0.39, 0.29) is 13.0 Å². The zero-order valence-corrected chi connectivity index (χ0v) is 15.7. The van der Waals surface area contributed by atoms with Gasteiger partial charge >= 0.3 is 5.97 Å². The molecule has 0 spiro atoms. The van der Waals surface area contributed by atoms with Gasteiger partial charge in [0.05, 0.1) is 16.8 Å². The van der Waals surface area contributed by atoms with E-state index in [4.69, 9.17) is 31.1 Å². The van der Waals surface area contributed by atoms with Crippen LogP contribution in [0.3, 0.4) is 0 Å². The van der Waals surface area contributed by atoms with Crippen molar-refractivity contribution < 1.29 is 23.8 Å². The van der Waals surface area contributed by atoms with Gasteiger partial charge in [-0.3, -0.25) is 4.79 Å². The molecule has 0 radical (unpaired) electrons. The van der Waals surface area contributed by atoms with Crippen molar-refractivity contribution in [2.24, 2.45) is 0 Å². The summed E-state index contributed by atoms with van der Waals surface area (Å²) in [7, 11) is 0. The number of hydrogen-bond acceptors (Lipinski definition) is 7. The Morgan fingerprint density at radius 1 is 1.22 bits per heavy atom. The third-order valence-corrected chi connectivity index (χ3v) is 4.90. The molecule has 1 aliphatic rings. The monoisotopic (exact) mass is 406 g/mol. The molecule has 2 heterocycles. The maximum atomic E-state index is 12.6. The highest BCUT2D eigenvalue weighted by molar-refractivity contribution is 7.17. The number of ether oxygens (including phenoxy) is 3. The molecule has 1 aromatic heterocycles. The molecule has 0 saturated carbocycles. The van der Waals surface area contributed by atoms with Gasteiger partial charge in [-0.05, 0) is 24.3 Å². The second-order valence-electron chi connectivity index (χ2n) is 5.46. The minimum absolute atomic E-state index is 0.134. The van der Waals surface area contributed by atoms with E-state index >= 15 is 0 Å². The molecule has 9 heteroatoms. The number of esters is 1. The van der Waals surface area contributed by atoms with Gasteiger partial charge in [0.2, 0.25) is 0 Å². The van der Waals surface area contributed by atoms with E-state index in [2.05, 4.69) is 0 Å². The SMILES string of the molecule is N#CCCN(C(=O)COC(=O)c1ccc(Cl)s1)c1ccc2c(c1)OCCO2. The zero-order chi connectivity index (χ0) is 19.2. The number of benzene rings is 1. The summed E-state index contributed by atoms with van der Waals surface area (Å²) >= 11 is 6.87. The lowest BCUT2D eigenvalue weighted by atomic mass is 10.2. The van der Waals surface area contributed by atoms with Gasteiger partial charge in [0.15, 0.2) is 18.1 Å². The lowest BCUT2D eigenvalue weighted by Gasteiger charge is -2.24. The van der Waals surface area contributed by atoms with Gasteiger partial charge in [-0.25, -0.2) is 4.79 Å². The lowest BCUT2D eigenvalue weighted by Crippen LogP contribution is -2.35. The Labute approximate surface area is 164 Å². The Hall–Kier alpha value is -2.76. The van der Waals surface area contributed by atoms with Gasteiger partial charge in [-0.2, -0.15) is 5.26 Å². The molecule has 140 valence electrons. The lowest BCUT2D eigenvalue weighted by molar-refractivity contribution is -0.121. The summed E-state index contributed by atoms with van der Waals surface area (Å²) in [4.78, 5) is 26.3. The number of fused-ring (bicyclic) bond motifs is 1. The van der Waals surface area contributed by atoms with Crippen LogP contribution in [0.1, 0.15) is 16.1 Å². The molecule has 7 nitrogen and oxygen atoms in total. The number of thiophene rings is 1. The Morgan fingerprint density at radius 2 is 2.00 bits per heavy atom. The Kier molecular flexibility index (Phi) is 6.16. The smallest absolute Gasteiger partial charge is 0.348 e. The summed E-state index contributed by atoms with van der Waals surface area (Å²) in [5.41, 5.74) is 0.537. The summed E-state index contributed by atoms with van der Waals surface area (Å²) < 4.78 is 16.5. The number of nitrogens with zero attached hydrogens (tertiary/aromatic N) is 2. The van der Waals surface area contributed by atoms with E-state index in [1.54, 1.807) is 24.3 Å². The summed E-state index contributed by atoms with van der Waals surface area (Å²) in [6.45, 7) is 0.598.